The third kappa shape index (κ3) is 6.35. The third-order valence-corrected chi connectivity index (χ3v) is 9.97. The number of ether oxygens (including phenoxy) is 1. The molecular formula is C19H31FN4O3SSi. The second kappa shape index (κ2) is 8.93. The topological polar surface area (TPSA) is 75.7 Å². The Morgan fingerprint density at radius 3 is 2.55 bits per heavy atom. The van der Waals surface area contributed by atoms with Gasteiger partial charge in [-0.25, -0.2) is 14.2 Å². The minimum Gasteiger partial charge on any atom is -0.450 e. The number of carbonyl (C=O) groups is 1. The average molecular weight is 443 g/mol. The predicted molar refractivity (Wildman–Crippen MR) is 120 cm³/mol. The molecule has 162 valence electrons. The summed E-state index contributed by atoms with van der Waals surface area (Å²) < 4.78 is 25.8. The van der Waals surface area contributed by atoms with Crippen LogP contribution in [0.5, 0.6) is 0 Å². The molecule has 10 heteroatoms. The van der Waals surface area contributed by atoms with E-state index in [9.17, 15) is 9.18 Å². The van der Waals surface area contributed by atoms with Gasteiger partial charge in [-0.15, -0.1) is 0 Å². The summed E-state index contributed by atoms with van der Waals surface area (Å²) in [4.78, 5) is 17.5. The van der Waals surface area contributed by atoms with Gasteiger partial charge in [0.05, 0.1) is 38.2 Å². The number of nitrogens with one attached hydrogen (secondary N) is 2. The molecule has 0 unspecified atom stereocenters. The molecule has 0 aromatic carbocycles. The zero-order chi connectivity index (χ0) is 21.9. The van der Waals surface area contributed by atoms with Crippen molar-refractivity contribution in [3.63, 3.8) is 0 Å². The van der Waals surface area contributed by atoms with E-state index in [-0.39, 0.29) is 36.5 Å². The fourth-order valence-corrected chi connectivity index (χ4v) is 3.73. The fourth-order valence-electron chi connectivity index (χ4n) is 2.49. The number of hydrogen-bond donors (Lipinski definition) is 2. The lowest BCUT2D eigenvalue weighted by Crippen LogP contribution is -2.63. The smallest absolute Gasteiger partial charge is 0.413 e. The van der Waals surface area contributed by atoms with E-state index in [4.69, 9.17) is 21.4 Å². The summed E-state index contributed by atoms with van der Waals surface area (Å²) in [6.45, 7) is 13.3. The number of rotatable bonds is 6. The molecule has 1 aromatic rings. The van der Waals surface area contributed by atoms with E-state index in [2.05, 4.69) is 49.5 Å². The van der Waals surface area contributed by atoms with E-state index in [1.807, 2.05) is 11.0 Å². The fraction of sp³-hybridized carbons (Fsp3) is 0.632. The monoisotopic (exact) mass is 442 g/mol. The van der Waals surface area contributed by atoms with Gasteiger partial charge in [-0.1, -0.05) is 20.8 Å². The standard InChI is InChI=1S/C19H31FN4O3SSi/c1-7-26-17(25)23-16(28)22-15-9-8-14(10-21-15)24-11-19(20,12-24)13-27-29(5,6)18(2,3)4/h8-10H,7,11-13H2,1-6H3,(H2,21,22,23,25,28). The van der Waals surface area contributed by atoms with Gasteiger partial charge in [-0.2, -0.15) is 0 Å². The number of hydrogen-bond acceptors (Lipinski definition) is 6. The van der Waals surface area contributed by atoms with Gasteiger partial charge in [0, 0.05) is 0 Å². The van der Waals surface area contributed by atoms with Crippen molar-refractivity contribution in [3.05, 3.63) is 18.3 Å². The summed E-state index contributed by atoms with van der Waals surface area (Å²) in [5.41, 5.74) is -0.516. The quantitative estimate of drug-likeness (QED) is 0.508. The maximum Gasteiger partial charge on any atom is 0.413 e. The van der Waals surface area contributed by atoms with Crippen molar-refractivity contribution >= 4 is 43.2 Å². The highest BCUT2D eigenvalue weighted by atomic mass is 32.1. The largest absolute Gasteiger partial charge is 0.450 e. The van der Waals surface area contributed by atoms with Crippen LogP contribution in [0.2, 0.25) is 18.1 Å². The van der Waals surface area contributed by atoms with Crippen LogP contribution in [0, 0.1) is 0 Å². The van der Waals surface area contributed by atoms with Crippen LogP contribution in [-0.2, 0) is 9.16 Å². The SMILES string of the molecule is CCOC(=O)NC(=S)Nc1ccc(N2CC(F)(CO[Si](C)(C)C(C)(C)C)C2)cn1. The third-order valence-electron chi connectivity index (χ3n) is 5.29. The minimum atomic E-state index is -1.97. The summed E-state index contributed by atoms with van der Waals surface area (Å²) in [5, 5.41) is 5.34. The summed E-state index contributed by atoms with van der Waals surface area (Å²) in [6, 6.07) is 3.55. The molecule has 0 spiro atoms. The number of alkyl halides is 1. The molecule has 0 radical (unpaired) electrons. The lowest BCUT2D eigenvalue weighted by Gasteiger charge is -2.47. The molecule has 2 N–H and O–H groups in total. The summed E-state index contributed by atoms with van der Waals surface area (Å²) in [5.74, 6) is 0.476. The van der Waals surface area contributed by atoms with Crippen molar-refractivity contribution in [1.29, 1.82) is 0 Å². The Morgan fingerprint density at radius 2 is 2.03 bits per heavy atom. The Morgan fingerprint density at radius 1 is 1.38 bits per heavy atom. The normalized spacial score (nSPS) is 16.0. The van der Waals surface area contributed by atoms with Gasteiger partial charge in [0.25, 0.3) is 0 Å². The van der Waals surface area contributed by atoms with Crippen LogP contribution in [-0.4, -0.2) is 56.5 Å². The van der Waals surface area contributed by atoms with E-state index >= 15 is 0 Å². The van der Waals surface area contributed by atoms with Gasteiger partial charge in [0.1, 0.15) is 5.82 Å². The molecule has 1 aliphatic heterocycles. The van der Waals surface area contributed by atoms with E-state index in [0.717, 1.165) is 5.69 Å². The Bertz CT molecular complexity index is 734. The second-order valence-corrected chi connectivity index (χ2v) is 14.0. The first-order valence-corrected chi connectivity index (χ1v) is 13.0. The van der Waals surface area contributed by atoms with E-state index in [1.165, 1.54) is 0 Å². The number of amides is 1. The number of aromatic nitrogens is 1. The maximum atomic E-state index is 14.9. The zero-order valence-electron chi connectivity index (χ0n) is 18.0. The number of halogens is 1. The molecule has 29 heavy (non-hydrogen) atoms. The molecule has 0 saturated carbocycles. The van der Waals surface area contributed by atoms with Gasteiger partial charge in [0.15, 0.2) is 19.1 Å². The highest BCUT2D eigenvalue weighted by Crippen LogP contribution is 2.39. The molecule has 0 atom stereocenters. The molecule has 1 amide bonds. The van der Waals surface area contributed by atoms with E-state index < -0.39 is 20.1 Å². The highest BCUT2D eigenvalue weighted by Gasteiger charge is 2.47. The number of alkyl carbamates (subject to hydrolysis) is 1. The van der Waals surface area contributed by atoms with Gasteiger partial charge < -0.3 is 19.4 Å². The lowest BCUT2D eigenvalue weighted by molar-refractivity contribution is 0.0496. The van der Waals surface area contributed by atoms with Crippen LogP contribution in [0.4, 0.5) is 20.7 Å². The van der Waals surface area contributed by atoms with Crippen molar-refractivity contribution in [2.24, 2.45) is 0 Å². The molecule has 0 bridgehead atoms. The van der Waals surface area contributed by atoms with Crippen LogP contribution in [0.1, 0.15) is 27.7 Å². The van der Waals surface area contributed by atoms with Crippen LogP contribution in [0.15, 0.2) is 18.3 Å². The number of nitrogens with zero attached hydrogens (tertiary/aromatic N) is 2. The summed E-state index contributed by atoms with van der Waals surface area (Å²) in [6.07, 6.45) is 1.02. The first kappa shape index (κ1) is 23.5. The number of carbonyl (C=O) groups excluding carboxylic acids is 1. The van der Waals surface area contributed by atoms with Crippen LogP contribution in [0.25, 0.3) is 0 Å². The molecule has 0 aliphatic carbocycles. The van der Waals surface area contributed by atoms with Crippen molar-refractivity contribution in [1.82, 2.24) is 10.3 Å². The molecule has 7 nitrogen and oxygen atoms in total. The van der Waals surface area contributed by atoms with Crippen molar-refractivity contribution in [3.8, 4) is 0 Å². The lowest BCUT2D eigenvalue weighted by atomic mass is 9.97. The molecular weight excluding hydrogens is 411 g/mol. The van der Waals surface area contributed by atoms with Crippen molar-refractivity contribution < 1.29 is 18.3 Å². The maximum absolute atomic E-state index is 14.9. The van der Waals surface area contributed by atoms with Gasteiger partial charge in [-0.05, 0) is 49.4 Å². The van der Waals surface area contributed by atoms with Crippen molar-refractivity contribution in [2.75, 3.05) is 36.5 Å². The first-order chi connectivity index (χ1) is 13.4. The minimum absolute atomic E-state index is 0.0578. The number of pyridine rings is 1. The molecule has 1 aliphatic rings. The Hall–Kier alpha value is -1.78. The average Bonchev–Trinajstić information content (AvgIpc) is 2.57. The Labute approximate surface area is 178 Å². The molecule has 1 fully saturated rings. The molecule has 2 heterocycles. The number of thiocarbonyl (C=S) groups is 1. The molecule has 1 saturated heterocycles. The van der Waals surface area contributed by atoms with Gasteiger partial charge in [-0.3, -0.25) is 5.32 Å². The second-order valence-electron chi connectivity index (χ2n) is 8.76. The Balaban J connectivity index is 1.83. The van der Waals surface area contributed by atoms with Crippen LogP contribution < -0.4 is 15.5 Å². The highest BCUT2D eigenvalue weighted by molar-refractivity contribution is 7.80. The molecule has 1 aromatic heterocycles. The number of anilines is 2. The zero-order valence-corrected chi connectivity index (χ0v) is 19.8. The molecule has 2 rings (SSSR count). The van der Waals surface area contributed by atoms with Crippen LogP contribution >= 0.6 is 12.2 Å². The first-order valence-electron chi connectivity index (χ1n) is 9.64. The van der Waals surface area contributed by atoms with Gasteiger partial charge in [0.2, 0.25) is 0 Å². The summed E-state index contributed by atoms with van der Waals surface area (Å²) >= 11 is 5.03. The summed E-state index contributed by atoms with van der Waals surface area (Å²) in [7, 11) is -1.97. The van der Waals surface area contributed by atoms with E-state index in [1.54, 1.807) is 19.2 Å². The predicted octanol–water partition coefficient (Wildman–Crippen LogP) is 4.07. The van der Waals surface area contributed by atoms with Crippen molar-refractivity contribution in [2.45, 2.75) is 51.5 Å². The van der Waals surface area contributed by atoms with Gasteiger partial charge >= 0.3 is 6.09 Å². The Kier molecular flexibility index (Phi) is 7.23. The van der Waals surface area contributed by atoms with Crippen LogP contribution in [0.3, 0.4) is 0 Å². The van der Waals surface area contributed by atoms with E-state index in [0.29, 0.717) is 5.82 Å².